The number of hydrazone groups is 1. The van der Waals surface area contributed by atoms with E-state index in [1.807, 2.05) is 18.2 Å². The summed E-state index contributed by atoms with van der Waals surface area (Å²) in [6.45, 7) is 4.18. The molecule has 0 radical (unpaired) electrons. The van der Waals surface area contributed by atoms with E-state index in [1.165, 1.54) is 3.57 Å². The number of benzene rings is 1. The first kappa shape index (κ1) is 10.5. The van der Waals surface area contributed by atoms with Crippen LogP contribution in [-0.4, -0.2) is 5.71 Å². The molecule has 1 rings (SSSR count). The molecule has 2 N–H and O–H groups in total. The number of rotatable bonds is 2. The van der Waals surface area contributed by atoms with Gasteiger partial charge in [0.1, 0.15) is 0 Å². The first-order valence-electron chi connectivity index (χ1n) is 4.19. The van der Waals surface area contributed by atoms with Crippen LogP contribution < -0.4 is 5.84 Å². The third kappa shape index (κ3) is 2.43. The van der Waals surface area contributed by atoms with Crippen LogP contribution in [0.2, 0.25) is 0 Å². The van der Waals surface area contributed by atoms with Gasteiger partial charge in [0, 0.05) is 9.13 Å². The van der Waals surface area contributed by atoms with Crippen molar-refractivity contribution < 1.29 is 0 Å². The van der Waals surface area contributed by atoms with E-state index in [2.05, 4.69) is 47.6 Å². The summed E-state index contributed by atoms with van der Waals surface area (Å²) < 4.78 is 1.19. The van der Waals surface area contributed by atoms with Gasteiger partial charge in [0.15, 0.2) is 0 Å². The third-order valence-electron chi connectivity index (χ3n) is 1.84. The Morgan fingerprint density at radius 3 is 2.46 bits per heavy atom. The first-order chi connectivity index (χ1) is 6.16. The average Bonchev–Trinajstić information content (AvgIpc) is 2.09. The number of nitrogens with zero attached hydrogens (tertiary/aromatic N) is 1. The lowest BCUT2D eigenvalue weighted by Crippen LogP contribution is -2.13. The van der Waals surface area contributed by atoms with Gasteiger partial charge in [0.05, 0.1) is 5.71 Å². The summed E-state index contributed by atoms with van der Waals surface area (Å²) in [6.07, 6.45) is 0. The zero-order chi connectivity index (χ0) is 9.84. The van der Waals surface area contributed by atoms with Crippen LogP contribution in [0.5, 0.6) is 0 Å². The molecule has 0 aliphatic carbocycles. The molecule has 3 heteroatoms. The SMILES string of the molecule is CC(C)C(=NN)c1ccccc1I. The highest BCUT2D eigenvalue weighted by atomic mass is 127. The van der Waals surface area contributed by atoms with Gasteiger partial charge in [-0.05, 0) is 34.6 Å². The Balaban J connectivity index is 3.13. The van der Waals surface area contributed by atoms with Crippen molar-refractivity contribution in [3.8, 4) is 0 Å². The predicted molar refractivity (Wildman–Crippen MR) is 64.7 cm³/mol. The average molecular weight is 288 g/mol. The molecule has 0 aliphatic heterocycles. The standard InChI is InChI=1S/C10H13IN2/c1-7(2)10(13-12)8-5-3-4-6-9(8)11/h3-7H,12H2,1-2H3. The number of hydrogen-bond acceptors (Lipinski definition) is 2. The highest BCUT2D eigenvalue weighted by Crippen LogP contribution is 2.16. The van der Waals surface area contributed by atoms with Crippen LogP contribution in [0, 0.1) is 9.49 Å². The highest BCUT2D eigenvalue weighted by Gasteiger charge is 2.10. The Morgan fingerprint density at radius 1 is 1.38 bits per heavy atom. The molecule has 0 atom stereocenters. The van der Waals surface area contributed by atoms with Crippen molar-refractivity contribution >= 4 is 28.3 Å². The van der Waals surface area contributed by atoms with Gasteiger partial charge in [-0.15, -0.1) is 0 Å². The van der Waals surface area contributed by atoms with E-state index < -0.39 is 0 Å². The normalized spacial score (nSPS) is 12.2. The molecule has 0 amide bonds. The van der Waals surface area contributed by atoms with Crippen LogP contribution in [0.15, 0.2) is 29.4 Å². The lowest BCUT2D eigenvalue weighted by atomic mass is 10.0. The molecule has 2 nitrogen and oxygen atoms in total. The van der Waals surface area contributed by atoms with E-state index in [-0.39, 0.29) is 0 Å². The summed E-state index contributed by atoms with van der Waals surface area (Å²) in [5.74, 6) is 5.72. The molecule has 0 heterocycles. The first-order valence-corrected chi connectivity index (χ1v) is 5.27. The summed E-state index contributed by atoms with van der Waals surface area (Å²) in [6, 6.07) is 8.13. The second-order valence-electron chi connectivity index (χ2n) is 3.15. The minimum absolute atomic E-state index is 0.362. The molecule has 0 aromatic heterocycles. The fourth-order valence-corrected chi connectivity index (χ4v) is 1.86. The topological polar surface area (TPSA) is 38.4 Å². The maximum Gasteiger partial charge on any atom is 0.0708 e. The largest absolute Gasteiger partial charge is 0.323 e. The minimum Gasteiger partial charge on any atom is -0.323 e. The number of nitrogens with two attached hydrogens (primary N) is 1. The number of halogens is 1. The second-order valence-corrected chi connectivity index (χ2v) is 4.31. The molecule has 0 fully saturated rings. The molecule has 0 unspecified atom stereocenters. The van der Waals surface area contributed by atoms with Crippen molar-refractivity contribution in [2.24, 2.45) is 16.9 Å². The molecule has 0 bridgehead atoms. The van der Waals surface area contributed by atoms with E-state index >= 15 is 0 Å². The van der Waals surface area contributed by atoms with Crippen molar-refractivity contribution in [3.63, 3.8) is 0 Å². The molecular formula is C10H13IN2. The monoisotopic (exact) mass is 288 g/mol. The van der Waals surface area contributed by atoms with Crippen molar-refractivity contribution in [2.75, 3.05) is 0 Å². The van der Waals surface area contributed by atoms with Crippen LogP contribution >= 0.6 is 22.6 Å². The van der Waals surface area contributed by atoms with Crippen molar-refractivity contribution in [2.45, 2.75) is 13.8 Å². The van der Waals surface area contributed by atoms with Gasteiger partial charge in [0.25, 0.3) is 0 Å². The summed E-state index contributed by atoms with van der Waals surface area (Å²) >= 11 is 2.30. The van der Waals surface area contributed by atoms with E-state index in [0.29, 0.717) is 5.92 Å². The maximum absolute atomic E-state index is 5.36. The van der Waals surface area contributed by atoms with E-state index in [0.717, 1.165) is 11.3 Å². The molecule has 0 saturated heterocycles. The zero-order valence-electron chi connectivity index (χ0n) is 7.79. The Bertz CT molecular complexity index is 318. The molecule has 1 aromatic carbocycles. The summed E-state index contributed by atoms with van der Waals surface area (Å²) in [5, 5.41) is 3.83. The van der Waals surface area contributed by atoms with Crippen LogP contribution in [0.25, 0.3) is 0 Å². The van der Waals surface area contributed by atoms with E-state index in [9.17, 15) is 0 Å². The third-order valence-corrected chi connectivity index (χ3v) is 2.78. The fourth-order valence-electron chi connectivity index (χ4n) is 1.20. The summed E-state index contributed by atoms with van der Waals surface area (Å²) in [7, 11) is 0. The van der Waals surface area contributed by atoms with Gasteiger partial charge in [-0.2, -0.15) is 5.10 Å². The van der Waals surface area contributed by atoms with Crippen LogP contribution in [0.4, 0.5) is 0 Å². The van der Waals surface area contributed by atoms with Crippen molar-refractivity contribution in [1.82, 2.24) is 0 Å². The molecule has 70 valence electrons. The summed E-state index contributed by atoms with van der Waals surface area (Å²) in [5.41, 5.74) is 2.10. The van der Waals surface area contributed by atoms with Crippen molar-refractivity contribution in [3.05, 3.63) is 33.4 Å². The molecule has 1 aromatic rings. The Morgan fingerprint density at radius 2 is 2.00 bits per heavy atom. The molecular weight excluding hydrogens is 275 g/mol. The smallest absolute Gasteiger partial charge is 0.0708 e. The van der Waals surface area contributed by atoms with Gasteiger partial charge < -0.3 is 5.84 Å². The quantitative estimate of drug-likeness (QED) is 0.386. The highest BCUT2D eigenvalue weighted by molar-refractivity contribution is 14.1. The maximum atomic E-state index is 5.36. The fraction of sp³-hybridized carbons (Fsp3) is 0.300. The van der Waals surface area contributed by atoms with Gasteiger partial charge in [-0.3, -0.25) is 0 Å². The van der Waals surface area contributed by atoms with Crippen LogP contribution in [0.1, 0.15) is 19.4 Å². The molecule has 0 aliphatic rings. The van der Waals surface area contributed by atoms with Crippen LogP contribution in [0.3, 0.4) is 0 Å². The minimum atomic E-state index is 0.362. The van der Waals surface area contributed by atoms with Gasteiger partial charge in [0.2, 0.25) is 0 Å². The van der Waals surface area contributed by atoms with Crippen LogP contribution in [-0.2, 0) is 0 Å². The Labute approximate surface area is 92.4 Å². The van der Waals surface area contributed by atoms with Gasteiger partial charge in [-0.1, -0.05) is 32.0 Å². The van der Waals surface area contributed by atoms with Crippen molar-refractivity contribution in [1.29, 1.82) is 0 Å². The summed E-state index contributed by atoms with van der Waals surface area (Å²) in [4.78, 5) is 0. The van der Waals surface area contributed by atoms with Gasteiger partial charge in [-0.25, -0.2) is 0 Å². The Kier molecular flexibility index (Phi) is 3.71. The van der Waals surface area contributed by atoms with E-state index in [1.54, 1.807) is 0 Å². The Hall–Kier alpha value is -0.580. The second kappa shape index (κ2) is 4.60. The number of hydrogen-bond donors (Lipinski definition) is 1. The van der Waals surface area contributed by atoms with E-state index in [4.69, 9.17) is 5.84 Å². The zero-order valence-corrected chi connectivity index (χ0v) is 9.95. The lowest BCUT2D eigenvalue weighted by molar-refractivity contribution is 0.875. The molecule has 13 heavy (non-hydrogen) atoms. The van der Waals surface area contributed by atoms with Gasteiger partial charge >= 0.3 is 0 Å². The molecule has 0 saturated carbocycles. The molecule has 0 spiro atoms. The lowest BCUT2D eigenvalue weighted by Gasteiger charge is -2.10. The predicted octanol–water partition coefficient (Wildman–Crippen LogP) is 2.61.